The van der Waals surface area contributed by atoms with E-state index in [-0.39, 0.29) is 5.97 Å². The Labute approximate surface area is 93.3 Å². The van der Waals surface area contributed by atoms with Gasteiger partial charge in [0.25, 0.3) is 0 Å². The first-order valence-corrected chi connectivity index (χ1v) is 5.12. The number of furan rings is 1. The molecule has 1 aromatic heterocycles. The van der Waals surface area contributed by atoms with E-state index in [1.54, 1.807) is 19.3 Å². The molecule has 1 aromatic carbocycles. The van der Waals surface area contributed by atoms with Crippen LogP contribution >= 0.6 is 0 Å². The lowest BCUT2D eigenvalue weighted by Gasteiger charge is -1.93. The zero-order valence-electron chi connectivity index (χ0n) is 8.97. The van der Waals surface area contributed by atoms with Gasteiger partial charge in [0, 0.05) is 16.8 Å². The van der Waals surface area contributed by atoms with Crippen LogP contribution in [0.25, 0.3) is 16.8 Å². The highest BCUT2D eigenvalue weighted by atomic mass is 16.5. The molecule has 0 saturated heterocycles. The number of rotatable bonds is 3. The van der Waals surface area contributed by atoms with Crippen LogP contribution in [0.3, 0.4) is 0 Å². The molecule has 0 unspecified atom stereocenters. The number of fused-ring (bicyclic) bond motifs is 1. The van der Waals surface area contributed by atoms with Gasteiger partial charge in [-0.3, -0.25) is 0 Å². The van der Waals surface area contributed by atoms with Gasteiger partial charge in [-0.25, -0.2) is 4.79 Å². The van der Waals surface area contributed by atoms with E-state index < -0.39 is 0 Å². The zero-order valence-corrected chi connectivity index (χ0v) is 8.97. The zero-order chi connectivity index (χ0) is 11.4. The summed E-state index contributed by atoms with van der Waals surface area (Å²) in [6.45, 7) is 2.15. The molecule has 16 heavy (non-hydrogen) atoms. The Balaban J connectivity index is 2.24. The molecule has 3 heteroatoms. The lowest BCUT2D eigenvalue weighted by molar-refractivity contribution is -0.137. The minimum absolute atomic E-state index is 0.358. The number of carbonyl (C=O) groups is 1. The molecule has 0 radical (unpaired) electrons. The number of ether oxygens (including phenoxy) is 1. The van der Waals surface area contributed by atoms with Crippen molar-refractivity contribution < 1.29 is 13.9 Å². The Bertz CT molecular complexity index is 523. The van der Waals surface area contributed by atoms with E-state index in [0.29, 0.717) is 12.4 Å². The van der Waals surface area contributed by atoms with E-state index in [0.717, 1.165) is 10.8 Å². The first-order chi connectivity index (χ1) is 7.81. The van der Waals surface area contributed by atoms with Gasteiger partial charge in [-0.15, -0.1) is 0 Å². The van der Waals surface area contributed by atoms with Gasteiger partial charge in [0.2, 0.25) is 0 Å². The van der Waals surface area contributed by atoms with Crippen molar-refractivity contribution in [3.8, 4) is 0 Å². The lowest BCUT2D eigenvalue weighted by Crippen LogP contribution is -1.98. The minimum atomic E-state index is -0.358. The van der Waals surface area contributed by atoms with Crippen molar-refractivity contribution in [2.24, 2.45) is 0 Å². The summed E-state index contributed by atoms with van der Waals surface area (Å²) in [5.41, 5.74) is 0. The Morgan fingerprint density at radius 2 is 2.25 bits per heavy atom. The van der Waals surface area contributed by atoms with Crippen LogP contribution in [0.2, 0.25) is 0 Å². The number of esters is 1. The second-order valence-corrected chi connectivity index (χ2v) is 3.27. The summed E-state index contributed by atoms with van der Waals surface area (Å²) in [7, 11) is 0. The van der Waals surface area contributed by atoms with Gasteiger partial charge in [0.1, 0.15) is 5.76 Å². The normalized spacial score (nSPS) is 11.1. The second kappa shape index (κ2) is 4.66. The Morgan fingerprint density at radius 3 is 3.06 bits per heavy atom. The van der Waals surface area contributed by atoms with Gasteiger partial charge in [-0.2, -0.15) is 0 Å². The lowest BCUT2D eigenvalue weighted by atomic mass is 10.2. The van der Waals surface area contributed by atoms with Crippen LogP contribution in [-0.4, -0.2) is 12.6 Å². The van der Waals surface area contributed by atoms with Crippen molar-refractivity contribution in [2.75, 3.05) is 6.61 Å². The van der Waals surface area contributed by atoms with Crippen molar-refractivity contribution in [2.45, 2.75) is 6.92 Å². The van der Waals surface area contributed by atoms with Gasteiger partial charge in [0.15, 0.2) is 0 Å². The summed E-state index contributed by atoms with van der Waals surface area (Å²) < 4.78 is 10.1. The molecule has 2 aromatic rings. The van der Waals surface area contributed by atoms with Gasteiger partial charge < -0.3 is 9.15 Å². The molecule has 0 amide bonds. The number of hydrogen-bond donors (Lipinski definition) is 0. The van der Waals surface area contributed by atoms with Gasteiger partial charge in [-0.05, 0) is 13.0 Å². The van der Waals surface area contributed by atoms with Crippen molar-refractivity contribution >= 4 is 22.8 Å². The first kappa shape index (κ1) is 10.5. The van der Waals surface area contributed by atoms with Crippen LogP contribution in [0.1, 0.15) is 12.7 Å². The molecular formula is C13H12O3. The molecule has 0 aliphatic carbocycles. The molecule has 0 spiro atoms. The maximum Gasteiger partial charge on any atom is 0.330 e. The second-order valence-electron chi connectivity index (χ2n) is 3.27. The Hall–Kier alpha value is -2.03. The van der Waals surface area contributed by atoms with Crippen LogP contribution in [0.15, 0.2) is 41.0 Å². The van der Waals surface area contributed by atoms with Crippen LogP contribution < -0.4 is 0 Å². The van der Waals surface area contributed by atoms with Crippen LogP contribution in [0.4, 0.5) is 0 Å². The smallest absolute Gasteiger partial charge is 0.330 e. The maximum atomic E-state index is 11.1. The highest BCUT2D eigenvalue weighted by Crippen LogP contribution is 2.21. The average Bonchev–Trinajstić information content (AvgIpc) is 2.70. The predicted molar refractivity (Wildman–Crippen MR) is 61.9 cm³/mol. The van der Waals surface area contributed by atoms with Crippen molar-refractivity contribution in [3.05, 3.63) is 42.4 Å². The molecule has 2 rings (SSSR count). The van der Waals surface area contributed by atoms with Crippen molar-refractivity contribution in [3.63, 3.8) is 0 Å². The minimum Gasteiger partial charge on any atom is -0.464 e. The summed E-state index contributed by atoms with van der Waals surface area (Å²) in [6, 6.07) is 7.78. The summed E-state index contributed by atoms with van der Waals surface area (Å²) in [4.78, 5) is 11.1. The van der Waals surface area contributed by atoms with Crippen LogP contribution in [-0.2, 0) is 9.53 Å². The van der Waals surface area contributed by atoms with Crippen molar-refractivity contribution in [1.29, 1.82) is 0 Å². The quantitative estimate of drug-likeness (QED) is 0.584. The van der Waals surface area contributed by atoms with E-state index in [2.05, 4.69) is 0 Å². The summed E-state index contributed by atoms with van der Waals surface area (Å²) >= 11 is 0. The molecule has 1 heterocycles. The van der Waals surface area contributed by atoms with Gasteiger partial charge in [0.05, 0.1) is 12.9 Å². The van der Waals surface area contributed by atoms with Gasteiger partial charge in [-0.1, -0.05) is 24.3 Å². The van der Waals surface area contributed by atoms with E-state index in [1.165, 1.54) is 6.08 Å². The molecular weight excluding hydrogens is 204 g/mol. The molecule has 0 N–H and O–H groups in total. The molecule has 3 nitrogen and oxygen atoms in total. The van der Waals surface area contributed by atoms with E-state index in [9.17, 15) is 4.79 Å². The fraction of sp³-hybridized carbons (Fsp3) is 0.154. The van der Waals surface area contributed by atoms with E-state index in [1.807, 2.05) is 24.3 Å². The monoisotopic (exact) mass is 216 g/mol. The third kappa shape index (κ3) is 2.14. The summed E-state index contributed by atoms with van der Waals surface area (Å²) in [5.74, 6) is 0.312. The van der Waals surface area contributed by atoms with E-state index >= 15 is 0 Å². The molecule has 82 valence electrons. The predicted octanol–water partition coefficient (Wildman–Crippen LogP) is 3.01. The molecule has 0 saturated carbocycles. The summed E-state index contributed by atoms with van der Waals surface area (Å²) in [5, 5.41) is 2.01. The highest BCUT2D eigenvalue weighted by Gasteiger charge is 2.02. The SMILES string of the molecule is CCOC(=O)C=Cc1occ2ccccc12. The fourth-order valence-electron chi connectivity index (χ4n) is 1.48. The molecule has 0 aliphatic rings. The molecule has 0 bridgehead atoms. The third-order valence-corrected chi connectivity index (χ3v) is 2.20. The average molecular weight is 216 g/mol. The first-order valence-electron chi connectivity index (χ1n) is 5.12. The van der Waals surface area contributed by atoms with Crippen LogP contribution in [0.5, 0.6) is 0 Å². The largest absolute Gasteiger partial charge is 0.464 e. The third-order valence-electron chi connectivity index (χ3n) is 2.20. The Kier molecular flexibility index (Phi) is 3.05. The maximum absolute atomic E-state index is 11.1. The fourth-order valence-corrected chi connectivity index (χ4v) is 1.48. The number of benzene rings is 1. The molecule has 0 atom stereocenters. The standard InChI is InChI=1S/C13H12O3/c1-2-15-13(14)8-7-12-11-6-4-3-5-10(11)9-16-12/h3-9H,2H2,1H3. The van der Waals surface area contributed by atoms with Crippen molar-refractivity contribution in [1.82, 2.24) is 0 Å². The number of hydrogen-bond acceptors (Lipinski definition) is 3. The number of carbonyl (C=O) groups excluding carboxylic acids is 1. The summed E-state index contributed by atoms with van der Waals surface area (Å²) in [6.07, 6.45) is 4.66. The Morgan fingerprint density at radius 1 is 1.44 bits per heavy atom. The topological polar surface area (TPSA) is 39.4 Å². The van der Waals surface area contributed by atoms with Gasteiger partial charge >= 0.3 is 5.97 Å². The van der Waals surface area contributed by atoms with Crippen LogP contribution in [0, 0.1) is 0 Å². The molecule has 0 fully saturated rings. The highest BCUT2D eigenvalue weighted by molar-refractivity contribution is 5.93. The molecule has 0 aliphatic heterocycles. The van der Waals surface area contributed by atoms with E-state index in [4.69, 9.17) is 9.15 Å².